The summed E-state index contributed by atoms with van der Waals surface area (Å²) >= 11 is 2.48. The summed E-state index contributed by atoms with van der Waals surface area (Å²) in [4.78, 5) is 0. The van der Waals surface area contributed by atoms with Gasteiger partial charge in [-0.15, -0.1) is 0 Å². The van der Waals surface area contributed by atoms with E-state index in [0.29, 0.717) is 0 Å². The summed E-state index contributed by atoms with van der Waals surface area (Å²) in [6, 6.07) is 0. The van der Waals surface area contributed by atoms with E-state index < -0.39 is 0 Å². The summed E-state index contributed by atoms with van der Waals surface area (Å²) in [5.41, 5.74) is 0. The van der Waals surface area contributed by atoms with Gasteiger partial charge in [0, 0.05) is 3.92 Å². The number of alkyl halides is 1. The Kier molecular flexibility index (Phi) is 2.76. The molecule has 0 aromatic rings. The Balaban J connectivity index is 2.40. The maximum atomic E-state index is 5.32. The Morgan fingerprint density at radius 1 is 1.44 bits per heavy atom. The Morgan fingerprint density at radius 2 is 2.11 bits per heavy atom. The molecule has 1 aliphatic rings. The summed E-state index contributed by atoms with van der Waals surface area (Å²) in [7, 11) is 0. The first-order chi connectivity index (χ1) is 4.22. The molecular formula is C7H13IO. The fraction of sp³-hybridized carbons (Fsp3) is 1.00. The van der Waals surface area contributed by atoms with Crippen molar-refractivity contribution in [3.05, 3.63) is 0 Å². The Morgan fingerprint density at radius 3 is 2.33 bits per heavy atom. The second kappa shape index (κ2) is 3.19. The van der Waals surface area contributed by atoms with Gasteiger partial charge in [-0.3, -0.25) is 0 Å². The molecule has 54 valence electrons. The van der Waals surface area contributed by atoms with E-state index in [0.717, 1.165) is 29.0 Å². The number of hydrogen-bond donors (Lipinski definition) is 0. The highest BCUT2D eigenvalue weighted by atomic mass is 127. The minimum Gasteiger partial charge on any atom is -0.380 e. The molecule has 1 heterocycles. The predicted molar refractivity (Wildman–Crippen MR) is 47.0 cm³/mol. The molecule has 1 saturated heterocycles. The molecule has 1 rings (SSSR count). The zero-order valence-corrected chi connectivity index (χ0v) is 8.09. The van der Waals surface area contributed by atoms with Gasteiger partial charge < -0.3 is 4.74 Å². The van der Waals surface area contributed by atoms with Crippen LogP contribution in [0.1, 0.15) is 13.8 Å². The lowest BCUT2D eigenvalue weighted by molar-refractivity contribution is 0.177. The van der Waals surface area contributed by atoms with E-state index in [1.54, 1.807) is 0 Å². The molecule has 1 aliphatic heterocycles. The average molecular weight is 240 g/mol. The molecule has 2 atom stereocenters. The van der Waals surface area contributed by atoms with Crippen LogP contribution in [-0.2, 0) is 4.74 Å². The molecule has 0 N–H and O–H groups in total. The molecule has 0 radical (unpaired) electrons. The van der Waals surface area contributed by atoms with Gasteiger partial charge in [0.05, 0.1) is 13.2 Å². The predicted octanol–water partition coefficient (Wildman–Crippen LogP) is 2.09. The zero-order chi connectivity index (χ0) is 6.85. The normalized spacial score (nSPS) is 36.0. The monoisotopic (exact) mass is 240 g/mol. The largest absolute Gasteiger partial charge is 0.380 e. The molecule has 0 unspecified atom stereocenters. The van der Waals surface area contributed by atoms with Gasteiger partial charge in [0.1, 0.15) is 0 Å². The maximum Gasteiger partial charge on any atom is 0.0587 e. The Bertz CT molecular complexity index is 92.9. The zero-order valence-electron chi connectivity index (χ0n) is 5.93. The number of rotatable bonds is 1. The van der Waals surface area contributed by atoms with Crippen LogP contribution in [0.2, 0.25) is 0 Å². The number of halogens is 1. The molecule has 1 nitrogen and oxygen atoms in total. The average Bonchev–Trinajstić information content (AvgIpc) is 2.13. The van der Waals surface area contributed by atoms with E-state index in [-0.39, 0.29) is 0 Å². The van der Waals surface area contributed by atoms with Gasteiger partial charge in [-0.05, 0) is 11.8 Å². The summed E-state index contributed by atoms with van der Waals surface area (Å²) in [5.74, 6) is 1.58. The molecule has 9 heavy (non-hydrogen) atoms. The van der Waals surface area contributed by atoms with Crippen molar-refractivity contribution < 1.29 is 4.74 Å². The van der Waals surface area contributed by atoms with Gasteiger partial charge in [-0.2, -0.15) is 0 Å². The van der Waals surface area contributed by atoms with Crippen LogP contribution in [0.4, 0.5) is 0 Å². The van der Waals surface area contributed by atoms with Gasteiger partial charge in [0.15, 0.2) is 0 Å². The van der Waals surface area contributed by atoms with E-state index in [4.69, 9.17) is 4.74 Å². The summed E-state index contributed by atoms with van der Waals surface area (Å²) in [6.45, 7) is 6.48. The van der Waals surface area contributed by atoms with Gasteiger partial charge >= 0.3 is 0 Å². The van der Waals surface area contributed by atoms with Gasteiger partial charge in [0.25, 0.3) is 0 Å². The lowest BCUT2D eigenvalue weighted by Gasteiger charge is -2.14. The third-order valence-corrected chi connectivity index (χ3v) is 3.19. The first-order valence-corrected chi connectivity index (χ1v) is 4.68. The van der Waals surface area contributed by atoms with Gasteiger partial charge in [-0.1, -0.05) is 36.4 Å². The highest BCUT2D eigenvalue weighted by Gasteiger charge is 2.27. The van der Waals surface area contributed by atoms with Crippen molar-refractivity contribution in [3.63, 3.8) is 0 Å². The van der Waals surface area contributed by atoms with Crippen molar-refractivity contribution >= 4 is 22.6 Å². The van der Waals surface area contributed by atoms with Gasteiger partial charge in [-0.25, -0.2) is 0 Å². The summed E-state index contributed by atoms with van der Waals surface area (Å²) in [6.07, 6.45) is 0. The Hall–Kier alpha value is 0.690. The van der Waals surface area contributed by atoms with Crippen LogP contribution < -0.4 is 0 Å². The molecule has 0 aliphatic carbocycles. The molecule has 1 fully saturated rings. The first-order valence-electron chi connectivity index (χ1n) is 3.43. The lowest BCUT2D eigenvalue weighted by Crippen LogP contribution is -2.17. The van der Waals surface area contributed by atoms with Crippen molar-refractivity contribution in [1.29, 1.82) is 0 Å². The fourth-order valence-corrected chi connectivity index (χ4v) is 2.45. The van der Waals surface area contributed by atoms with E-state index in [9.17, 15) is 0 Å². The summed E-state index contributed by atoms with van der Waals surface area (Å²) in [5, 5.41) is 0. The van der Waals surface area contributed by atoms with Crippen molar-refractivity contribution in [2.75, 3.05) is 13.2 Å². The van der Waals surface area contributed by atoms with Crippen LogP contribution in [0, 0.1) is 11.8 Å². The standard InChI is InChI=1S/C7H13IO/c1-5(2)6-3-9-4-7(6)8/h5-7H,3-4H2,1-2H3/t6-,7-/m0/s1. The van der Waals surface area contributed by atoms with Crippen molar-refractivity contribution in [3.8, 4) is 0 Å². The highest BCUT2D eigenvalue weighted by Crippen LogP contribution is 2.27. The quantitative estimate of drug-likeness (QED) is 0.503. The van der Waals surface area contributed by atoms with Crippen LogP contribution in [0.25, 0.3) is 0 Å². The highest BCUT2D eigenvalue weighted by molar-refractivity contribution is 14.1. The molecule has 0 amide bonds. The van der Waals surface area contributed by atoms with Crippen molar-refractivity contribution in [1.82, 2.24) is 0 Å². The third-order valence-electron chi connectivity index (χ3n) is 1.91. The molecule has 0 aromatic carbocycles. The molecule has 0 spiro atoms. The molecular weight excluding hydrogens is 227 g/mol. The van der Waals surface area contributed by atoms with Crippen LogP contribution in [0.5, 0.6) is 0 Å². The molecule has 0 saturated carbocycles. The smallest absolute Gasteiger partial charge is 0.0587 e. The van der Waals surface area contributed by atoms with Crippen LogP contribution >= 0.6 is 22.6 Å². The van der Waals surface area contributed by atoms with Crippen molar-refractivity contribution in [2.45, 2.75) is 17.8 Å². The van der Waals surface area contributed by atoms with Crippen LogP contribution in [0.15, 0.2) is 0 Å². The van der Waals surface area contributed by atoms with Gasteiger partial charge in [0.2, 0.25) is 0 Å². The van der Waals surface area contributed by atoms with E-state index in [1.807, 2.05) is 0 Å². The number of hydrogen-bond acceptors (Lipinski definition) is 1. The van der Waals surface area contributed by atoms with E-state index in [2.05, 4.69) is 36.4 Å². The third kappa shape index (κ3) is 1.80. The number of ether oxygens (including phenoxy) is 1. The fourth-order valence-electron chi connectivity index (χ4n) is 1.15. The topological polar surface area (TPSA) is 9.23 Å². The molecule has 2 heteroatoms. The van der Waals surface area contributed by atoms with E-state index in [1.165, 1.54) is 0 Å². The Labute approximate surface area is 70.3 Å². The minimum atomic E-state index is 0.752. The summed E-state index contributed by atoms with van der Waals surface area (Å²) < 4.78 is 6.08. The maximum absolute atomic E-state index is 5.32. The second-order valence-corrected chi connectivity index (χ2v) is 4.56. The SMILES string of the molecule is CC(C)[C@@H]1COC[C@@H]1I. The van der Waals surface area contributed by atoms with Crippen LogP contribution in [0.3, 0.4) is 0 Å². The second-order valence-electron chi connectivity index (χ2n) is 2.96. The molecule has 0 aromatic heterocycles. The van der Waals surface area contributed by atoms with Crippen LogP contribution in [-0.4, -0.2) is 17.1 Å². The van der Waals surface area contributed by atoms with E-state index >= 15 is 0 Å². The lowest BCUT2D eigenvalue weighted by atomic mass is 9.96. The molecule has 0 bridgehead atoms. The first kappa shape index (κ1) is 7.79. The van der Waals surface area contributed by atoms with Crippen molar-refractivity contribution in [2.24, 2.45) is 11.8 Å². The minimum absolute atomic E-state index is 0.752.